The van der Waals surface area contributed by atoms with E-state index < -0.39 is 17.5 Å². The predicted molar refractivity (Wildman–Crippen MR) is 75.2 cm³/mol. The number of Topliss-reactive ketones (excluding diaryl/α,β-unsaturated/α-hetero) is 1. The van der Waals surface area contributed by atoms with E-state index in [1.165, 1.54) is 25.3 Å². The number of halogens is 3. The molecule has 0 aliphatic rings. The van der Waals surface area contributed by atoms with E-state index in [0.717, 1.165) is 17.7 Å². The Bertz CT molecular complexity index is 704. The summed E-state index contributed by atoms with van der Waals surface area (Å²) < 4.78 is 42.4. The summed E-state index contributed by atoms with van der Waals surface area (Å²) in [4.78, 5) is 11.2. The summed E-state index contributed by atoms with van der Waals surface area (Å²) in [5, 5.41) is 9.98. The minimum Gasteiger partial charge on any atom is -0.507 e. The molecule has 116 valence electrons. The first-order valence-corrected chi connectivity index (χ1v) is 6.34. The second kappa shape index (κ2) is 5.71. The summed E-state index contributed by atoms with van der Waals surface area (Å²) in [5.41, 5.74) is 1.14. The Kier molecular flexibility index (Phi) is 4.12. The number of ether oxygens (including phenoxy) is 1. The average molecular weight is 310 g/mol. The molecule has 2 rings (SSSR count). The van der Waals surface area contributed by atoms with Crippen molar-refractivity contribution in [3.63, 3.8) is 0 Å². The Morgan fingerprint density at radius 3 is 2.18 bits per heavy atom. The first kappa shape index (κ1) is 15.9. The van der Waals surface area contributed by atoms with Crippen LogP contribution in [0.4, 0.5) is 13.2 Å². The number of phenolic OH excluding ortho intramolecular Hbond substituents is 1. The number of alkyl halides is 3. The number of carbonyl (C=O) groups excluding carboxylic acids is 1. The maximum absolute atomic E-state index is 12.4. The molecule has 1 N–H and O–H groups in total. The lowest BCUT2D eigenvalue weighted by Gasteiger charge is -2.14. The van der Waals surface area contributed by atoms with Gasteiger partial charge in [-0.3, -0.25) is 4.79 Å². The van der Waals surface area contributed by atoms with Gasteiger partial charge in [-0.2, -0.15) is 13.2 Å². The Morgan fingerprint density at radius 1 is 1.09 bits per heavy atom. The smallest absolute Gasteiger partial charge is 0.454 e. The first-order valence-electron chi connectivity index (χ1n) is 6.34. The normalized spacial score (nSPS) is 11.3. The second-order valence-corrected chi connectivity index (χ2v) is 4.71. The molecule has 0 bridgehead atoms. The molecule has 0 heterocycles. The molecule has 0 spiro atoms. The molecule has 0 amide bonds. The van der Waals surface area contributed by atoms with Gasteiger partial charge in [0, 0.05) is 5.56 Å². The number of ketones is 1. The Balaban J connectivity index is 2.49. The van der Waals surface area contributed by atoms with Crippen molar-refractivity contribution in [2.75, 3.05) is 7.11 Å². The number of methoxy groups -OCH3 is 1. The molecule has 0 saturated carbocycles. The van der Waals surface area contributed by atoms with Gasteiger partial charge in [0.2, 0.25) is 0 Å². The van der Waals surface area contributed by atoms with Gasteiger partial charge >= 0.3 is 6.18 Å². The summed E-state index contributed by atoms with van der Waals surface area (Å²) in [5.74, 6) is -1.54. The first-order chi connectivity index (χ1) is 10.3. The van der Waals surface area contributed by atoms with Gasteiger partial charge in [0.05, 0.1) is 12.7 Å². The van der Waals surface area contributed by atoms with E-state index in [1.54, 1.807) is 13.0 Å². The third-order valence-corrected chi connectivity index (χ3v) is 3.23. The lowest BCUT2D eigenvalue weighted by Crippen LogP contribution is -2.22. The van der Waals surface area contributed by atoms with E-state index in [4.69, 9.17) is 4.74 Å². The summed E-state index contributed by atoms with van der Waals surface area (Å²) in [6, 6.07) is 7.98. The van der Waals surface area contributed by atoms with Crippen molar-refractivity contribution in [2.24, 2.45) is 0 Å². The highest BCUT2D eigenvalue weighted by Gasteiger charge is 2.39. The maximum Gasteiger partial charge on any atom is 0.454 e. The summed E-state index contributed by atoms with van der Waals surface area (Å²) in [6.45, 7) is 1.78. The van der Waals surface area contributed by atoms with Crippen LogP contribution in [-0.4, -0.2) is 24.2 Å². The predicted octanol–water partition coefficient (Wildman–Crippen LogP) is 4.12. The van der Waals surface area contributed by atoms with Gasteiger partial charge in [0.25, 0.3) is 5.78 Å². The zero-order chi connectivity index (χ0) is 16.5. The molecule has 6 heteroatoms. The van der Waals surface area contributed by atoms with Crippen LogP contribution in [0.1, 0.15) is 15.9 Å². The number of aromatic hydroxyl groups is 1. The number of carbonyl (C=O) groups is 1. The number of aryl methyl sites for hydroxylation is 1. The van der Waals surface area contributed by atoms with Gasteiger partial charge in [0.1, 0.15) is 11.5 Å². The van der Waals surface area contributed by atoms with Gasteiger partial charge in [-0.25, -0.2) is 0 Å². The highest BCUT2D eigenvalue weighted by Crippen LogP contribution is 2.40. The van der Waals surface area contributed by atoms with Crippen LogP contribution in [-0.2, 0) is 0 Å². The summed E-state index contributed by atoms with van der Waals surface area (Å²) >= 11 is 0. The van der Waals surface area contributed by atoms with Gasteiger partial charge in [0.15, 0.2) is 0 Å². The fourth-order valence-electron chi connectivity index (χ4n) is 2.17. The van der Waals surface area contributed by atoms with Crippen LogP contribution in [0.5, 0.6) is 11.5 Å². The fourth-order valence-corrected chi connectivity index (χ4v) is 2.17. The quantitative estimate of drug-likeness (QED) is 0.867. The minimum atomic E-state index is -4.91. The van der Waals surface area contributed by atoms with E-state index >= 15 is 0 Å². The summed E-state index contributed by atoms with van der Waals surface area (Å²) in [7, 11) is 1.44. The molecule has 3 nitrogen and oxygen atoms in total. The fraction of sp³-hybridized carbons (Fsp3) is 0.188. The Labute approximate surface area is 125 Å². The van der Waals surface area contributed by atoms with Crippen molar-refractivity contribution in [1.82, 2.24) is 0 Å². The molecule has 0 saturated heterocycles. The molecule has 0 unspecified atom stereocenters. The molecule has 22 heavy (non-hydrogen) atoms. The topological polar surface area (TPSA) is 46.5 Å². The third-order valence-electron chi connectivity index (χ3n) is 3.23. The van der Waals surface area contributed by atoms with Crippen molar-refractivity contribution in [2.45, 2.75) is 13.1 Å². The van der Waals surface area contributed by atoms with Crippen LogP contribution in [0.2, 0.25) is 0 Å². The lowest BCUT2D eigenvalue weighted by molar-refractivity contribution is -0.0885. The number of hydrogen-bond donors (Lipinski definition) is 1. The molecule has 2 aromatic carbocycles. The number of phenols is 1. The average Bonchev–Trinajstić information content (AvgIpc) is 2.48. The highest BCUT2D eigenvalue weighted by molar-refractivity contribution is 6.00. The maximum atomic E-state index is 12.4. The Hall–Kier alpha value is -2.50. The van der Waals surface area contributed by atoms with Gasteiger partial charge in [-0.05, 0) is 24.1 Å². The highest BCUT2D eigenvalue weighted by atomic mass is 19.4. The van der Waals surface area contributed by atoms with Crippen LogP contribution in [0.3, 0.4) is 0 Å². The van der Waals surface area contributed by atoms with Crippen LogP contribution < -0.4 is 4.74 Å². The molecular weight excluding hydrogens is 297 g/mol. The third kappa shape index (κ3) is 2.90. The van der Waals surface area contributed by atoms with Crippen molar-refractivity contribution < 1.29 is 27.8 Å². The zero-order valence-electron chi connectivity index (χ0n) is 11.9. The van der Waals surface area contributed by atoms with Crippen LogP contribution in [0.25, 0.3) is 11.1 Å². The van der Waals surface area contributed by atoms with E-state index in [9.17, 15) is 23.1 Å². The SMILES string of the molecule is COc1c(C)ccc(O)c1-c1ccc(C(=O)C(F)(F)F)cc1. The Morgan fingerprint density at radius 2 is 1.68 bits per heavy atom. The van der Waals surface area contributed by atoms with E-state index in [0.29, 0.717) is 16.9 Å². The zero-order valence-corrected chi connectivity index (χ0v) is 11.9. The molecule has 0 aliphatic heterocycles. The molecular formula is C16H13F3O3. The molecule has 0 fully saturated rings. The molecule has 0 aromatic heterocycles. The number of benzene rings is 2. The second-order valence-electron chi connectivity index (χ2n) is 4.71. The molecule has 0 aliphatic carbocycles. The monoisotopic (exact) mass is 310 g/mol. The van der Waals surface area contributed by atoms with Crippen LogP contribution >= 0.6 is 0 Å². The van der Waals surface area contributed by atoms with E-state index in [-0.39, 0.29) is 5.75 Å². The minimum absolute atomic E-state index is 0.0580. The van der Waals surface area contributed by atoms with Crippen molar-refractivity contribution in [1.29, 1.82) is 0 Å². The van der Waals surface area contributed by atoms with E-state index in [1.807, 2.05) is 0 Å². The van der Waals surface area contributed by atoms with Crippen molar-refractivity contribution in [3.05, 3.63) is 47.5 Å². The summed E-state index contributed by atoms with van der Waals surface area (Å²) in [6.07, 6.45) is -4.91. The largest absolute Gasteiger partial charge is 0.507 e. The van der Waals surface area contributed by atoms with E-state index in [2.05, 4.69) is 0 Å². The molecule has 0 radical (unpaired) electrons. The number of rotatable bonds is 3. The van der Waals surface area contributed by atoms with Gasteiger partial charge in [-0.1, -0.05) is 30.3 Å². The van der Waals surface area contributed by atoms with Gasteiger partial charge < -0.3 is 9.84 Å². The number of hydrogen-bond acceptors (Lipinski definition) is 3. The van der Waals surface area contributed by atoms with Crippen LogP contribution in [0.15, 0.2) is 36.4 Å². The van der Waals surface area contributed by atoms with Crippen molar-refractivity contribution in [3.8, 4) is 22.6 Å². The molecule has 2 aromatic rings. The lowest BCUT2D eigenvalue weighted by atomic mass is 9.98. The van der Waals surface area contributed by atoms with Crippen molar-refractivity contribution >= 4 is 5.78 Å². The standard InChI is InChI=1S/C16H13F3O3/c1-9-3-8-12(20)13(14(9)22-2)10-4-6-11(7-5-10)15(21)16(17,18)19/h3-8,20H,1-2H3. The molecule has 0 atom stereocenters. The van der Waals surface area contributed by atoms with Gasteiger partial charge in [-0.15, -0.1) is 0 Å². The van der Waals surface area contributed by atoms with Crippen LogP contribution in [0, 0.1) is 6.92 Å².